The topological polar surface area (TPSA) is 66.8 Å². The van der Waals surface area contributed by atoms with Crippen molar-refractivity contribution in [1.29, 1.82) is 0 Å². The quantitative estimate of drug-likeness (QED) is 0.767. The highest BCUT2D eigenvalue weighted by Gasteiger charge is 2.38. The van der Waals surface area contributed by atoms with Gasteiger partial charge in [0.05, 0.1) is 0 Å². The molecular formula is C12H21NO4. The van der Waals surface area contributed by atoms with Gasteiger partial charge in [0.1, 0.15) is 11.6 Å². The van der Waals surface area contributed by atoms with Crippen molar-refractivity contribution in [3.05, 3.63) is 0 Å². The lowest BCUT2D eigenvalue weighted by atomic mass is 9.97. The Bertz CT molecular complexity index is 308. The fraction of sp³-hybridized carbons (Fsp3) is 0.833. The zero-order valence-electron chi connectivity index (χ0n) is 10.9. The number of carboxylic acid groups (broad SMARTS) is 1. The molecule has 0 aliphatic carbocycles. The summed E-state index contributed by atoms with van der Waals surface area (Å²) in [6, 6.07) is -0.840. The lowest BCUT2D eigenvalue weighted by Gasteiger charge is -2.38. The number of hydrogen-bond donors (Lipinski definition) is 1. The van der Waals surface area contributed by atoms with Gasteiger partial charge in [-0.3, -0.25) is 4.90 Å². The molecule has 2 atom stereocenters. The van der Waals surface area contributed by atoms with Crippen LogP contribution in [0.4, 0.5) is 4.79 Å². The van der Waals surface area contributed by atoms with E-state index in [-0.39, 0.29) is 6.04 Å². The van der Waals surface area contributed by atoms with Crippen molar-refractivity contribution in [2.45, 2.75) is 64.6 Å². The first-order valence-corrected chi connectivity index (χ1v) is 5.96. The minimum Gasteiger partial charge on any atom is -0.480 e. The van der Waals surface area contributed by atoms with Crippen molar-refractivity contribution >= 4 is 12.1 Å². The molecule has 1 saturated heterocycles. The molecule has 0 bridgehead atoms. The number of hydrogen-bond acceptors (Lipinski definition) is 3. The minimum atomic E-state index is -0.956. The first kappa shape index (κ1) is 13.8. The number of piperidine rings is 1. The predicted octanol–water partition coefficient (Wildman–Crippen LogP) is 2.25. The molecule has 0 saturated carbocycles. The average Bonchev–Trinajstić information content (AvgIpc) is 2.13. The Balaban J connectivity index is 2.82. The van der Waals surface area contributed by atoms with Crippen LogP contribution in [0.25, 0.3) is 0 Å². The molecule has 1 N–H and O–H groups in total. The number of carbonyl (C=O) groups excluding carboxylic acids is 1. The summed E-state index contributed by atoms with van der Waals surface area (Å²) in [5, 5.41) is 9.12. The standard InChI is InChI=1S/C12H21NO4/c1-8-6-5-7-9(10(14)15)13(8)11(16)17-12(2,3)4/h8-9H,5-7H2,1-4H3,(H,14,15)/t8-,9-/m1/s1. The Morgan fingerprint density at radius 1 is 1.29 bits per heavy atom. The monoisotopic (exact) mass is 243 g/mol. The van der Waals surface area contributed by atoms with Crippen LogP contribution < -0.4 is 0 Å². The highest BCUT2D eigenvalue weighted by atomic mass is 16.6. The summed E-state index contributed by atoms with van der Waals surface area (Å²) in [6.07, 6.45) is 1.62. The van der Waals surface area contributed by atoms with E-state index in [1.807, 2.05) is 6.92 Å². The van der Waals surface area contributed by atoms with Crippen molar-refractivity contribution in [2.24, 2.45) is 0 Å². The summed E-state index contributed by atoms with van der Waals surface area (Å²) in [6.45, 7) is 7.18. The van der Waals surface area contributed by atoms with Gasteiger partial charge < -0.3 is 9.84 Å². The van der Waals surface area contributed by atoms with Crippen LogP contribution in [0.3, 0.4) is 0 Å². The highest BCUT2D eigenvalue weighted by Crippen LogP contribution is 2.25. The van der Waals surface area contributed by atoms with Crippen molar-refractivity contribution in [2.75, 3.05) is 0 Å². The van der Waals surface area contributed by atoms with Gasteiger partial charge in [0.2, 0.25) is 0 Å². The van der Waals surface area contributed by atoms with Crippen LogP contribution in [0.15, 0.2) is 0 Å². The van der Waals surface area contributed by atoms with E-state index in [9.17, 15) is 9.59 Å². The van der Waals surface area contributed by atoms with Crippen molar-refractivity contribution in [3.63, 3.8) is 0 Å². The van der Waals surface area contributed by atoms with Crippen LogP contribution in [-0.2, 0) is 9.53 Å². The van der Waals surface area contributed by atoms with Crippen LogP contribution in [0.5, 0.6) is 0 Å². The molecule has 1 fully saturated rings. The fourth-order valence-corrected chi connectivity index (χ4v) is 2.06. The first-order valence-electron chi connectivity index (χ1n) is 5.96. The molecule has 0 aromatic heterocycles. The average molecular weight is 243 g/mol. The van der Waals surface area contributed by atoms with Gasteiger partial charge >= 0.3 is 12.1 Å². The fourth-order valence-electron chi connectivity index (χ4n) is 2.06. The summed E-state index contributed by atoms with van der Waals surface area (Å²) in [5.41, 5.74) is -0.600. The lowest BCUT2D eigenvalue weighted by molar-refractivity contribution is -0.145. The van der Waals surface area contributed by atoms with E-state index in [4.69, 9.17) is 9.84 Å². The second-order valence-electron chi connectivity index (χ2n) is 5.52. The molecule has 1 rings (SSSR count). The SMILES string of the molecule is C[C@@H]1CCC[C@H](C(=O)O)N1C(=O)OC(C)(C)C. The number of aliphatic carboxylic acids is 1. The number of carboxylic acids is 1. The second-order valence-corrected chi connectivity index (χ2v) is 5.52. The van der Waals surface area contributed by atoms with Crippen LogP contribution in [0.1, 0.15) is 47.0 Å². The number of carbonyl (C=O) groups is 2. The lowest BCUT2D eigenvalue weighted by Crippen LogP contribution is -2.53. The van der Waals surface area contributed by atoms with Crippen LogP contribution in [0.2, 0.25) is 0 Å². The summed E-state index contributed by atoms with van der Waals surface area (Å²) < 4.78 is 5.25. The molecule has 0 radical (unpaired) electrons. The van der Waals surface area contributed by atoms with E-state index in [0.29, 0.717) is 6.42 Å². The Morgan fingerprint density at radius 3 is 2.35 bits per heavy atom. The van der Waals surface area contributed by atoms with Gasteiger partial charge in [-0.25, -0.2) is 9.59 Å². The zero-order valence-corrected chi connectivity index (χ0v) is 10.9. The maximum Gasteiger partial charge on any atom is 0.411 e. The van der Waals surface area contributed by atoms with E-state index in [1.165, 1.54) is 4.90 Å². The third kappa shape index (κ3) is 3.61. The van der Waals surface area contributed by atoms with Gasteiger partial charge in [0.25, 0.3) is 0 Å². The van der Waals surface area contributed by atoms with E-state index in [1.54, 1.807) is 20.8 Å². The van der Waals surface area contributed by atoms with Crippen molar-refractivity contribution < 1.29 is 19.4 Å². The summed E-state index contributed by atoms with van der Waals surface area (Å²) in [4.78, 5) is 24.5. The predicted molar refractivity (Wildman–Crippen MR) is 62.8 cm³/mol. The molecule has 0 aromatic rings. The number of nitrogens with zero attached hydrogens (tertiary/aromatic N) is 1. The van der Waals surface area contributed by atoms with Gasteiger partial charge in [-0.1, -0.05) is 0 Å². The van der Waals surface area contributed by atoms with Crippen molar-refractivity contribution in [1.82, 2.24) is 4.90 Å². The molecular weight excluding hydrogens is 222 g/mol. The zero-order chi connectivity index (χ0) is 13.2. The summed E-state index contributed by atoms with van der Waals surface area (Å²) in [7, 11) is 0. The maximum absolute atomic E-state index is 12.0. The Hall–Kier alpha value is -1.26. The van der Waals surface area contributed by atoms with Gasteiger partial charge in [-0.15, -0.1) is 0 Å². The molecule has 17 heavy (non-hydrogen) atoms. The third-order valence-electron chi connectivity index (χ3n) is 2.80. The second kappa shape index (κ2) is 4.94. The van der Waals surface area contributed by atoms with E-state index >= 15 is 0 Å². The highest BCUT2D eigenvalue weighted by molar-refractivity contribution is 5.80. The van der Waals surface area contributed by atoms with Crippen LogP contribution in [0, 0.1) is 0 Å². The molecule has 5 heteroatoms. The Morgan fingerprint density at radius 2 is 1.88 bits per heavy atom. The first-order chi connectivity index (χ1) is 7.72. The number of likely N-dealkylation sites (tertiary alicyclic amines) is 1. The number of ether oxygens (including phenoxy) is 1. The van der Waals surface area contributed by atoms with E-state index < -0.39 is 23.7 Å². The molecule has 0 spiro atoms. The molecule has 1 heterocycles. The molecule has 1 amide bonds. The summed E-state index contributed by atoms with van der Waals surface area (Å²) >= 11 is 0. The number of rotatable bonds is 1. The van der Waals surface area contributed by atoms with Crippen LogP contribution >= 0.6 is 0 Å². The maximum atomic E-state index is 12.0. The number of amides is 1. The third-order valence-corrected chi connectivity index (χ3v) is 2.80. The normalized spacial score (nSPS) is 25.5. The van der Waals surface area contributed by atoms with E-state index in [2.05, 4.69) is 0 Å². The summed E-state index contributed by atoms with van der Waals surface area (Å²) in [5.74, 6) is -0.956. The van der Waals surface area contributed by atoms with Crippen molar-refractivity contribution in [3.8, 4) is 0 Å². The van der Waals surface area contributed by atoms with Gasteiger partial charge in [0.15, 0.2) is 0 Å². The molecule has 0 aromatic carbocycles. The smallest absolute Gasteiger partial charge is 0.411 e. The van der Waals surface area contributed by atoms with E-state index in [0.717, 1.165) is 12.8 Å². The Labute approximate surface area is 102 Å². The molecule has 98 valence electrons. The largest absolute Gasteiger partial charge is 0.480 e. The minimum absolute atomic E-state index is 0.0836. The van der Waals surface area contributed by atoms with Gasteiger partial charge in [-0.05, 0) is 47.0 Å². The molecule has 1 aliphatic rings. The molecule has 1 aliphatic heterocycles. The molecule has 0 unspecified atom stereocenters. The van der Waals surface area contributed by atoms with Gasteiger partial charge in [-0.2, -0.15) is 0 Å². The Kier molecular flexibility index (Phi) is 4.01. The van der Waals surface area contributed by atoms with Gasteiger partial charge in [0, 0.05) is 6.04 Å². The van der Waals surface area contributed by atoms with Crippen LogP contribution in [-0.4, -0.2) is 39.8 Å². The molecule has 5 nitrogen and oxygen atoms in total.